The van der Waals surface area contributed by atoms with Crippen LogP contribution in [0.1, 0.15) is 4.88 Å². The largest absolute Gasteiger partial charge is 0.380 e. The number of rotatable bonds is 4. The molecule has 2 nitrogen and oxygen atoms in total. The maximum atomic E-state index is 5.85. The lowest BCUT2D eigenvalue weighted by molar-refractivity contribution is 1.18. The van der Waals surface area contributed by atoms with Gasteiger partial charge in [0.15, 0.2) is 0 Å². The smallest absolute Gasteiger partial charge is 0.131 e. The summed E-state index contributed by atoms with van der Waals surface area (Å²) in [6.45, 7) is 0.802. The van der Waals surface area contributed by atoms with Gasteiger partial charge >= 0.3 is 0 Å². The third-order valence-corrected chi connectivity index (χ3v) is 4.72. The summed E-state index contributed by atoms with van der Waals surface area (Å²) in [7, 11) is 0. The minimum absolute atomic E-state index is 0.510. The average molecular weight is 307 g/mol. The lowest BCUT2D eigenvalue weighted by Gasteiger charge is -2.04. The molecule has 3 heterocycles. The highest BCUT2D eigenvalue weighted by molar-refractivity contribution is 7.14. The molecule has 0 aromatic carbocycles. The molecule has 1 N–H and O–H groups in total. The van der Waals surface area contributed by atoms with Crippen LogP contribution in [0.3, 0.4) is 0 Å². The molecule has 0 aliphatic rings. The molecular formula is C14H11ClN2S2. The van der Waals surface area contributed by atoms with Gasteiger partial charge in [-0.15, -0.1) is 22.7 Å². The number of hydrogen-bond donors (Lipinski definition) is 1. The zero-order valence-electron chi connectivity index (χ0n) is 9.97. The van der Waals surface area contributed by atoms with E-state index in [-0.39, 0.29) is 0 Å². The monoisotopic (exact) mass is 306 g/mol. The molecule has 0 fully saturated rings. The first-order valence-electron chi connectivity index (χ1n) is 5.78. The number of hydrogen-bond acceptors (Lipinski definition) is 4. The zero-order chi connectivity index (χ0) is 13.1. The zero-order valence-corrected chi connectivity index (χ0v) is 12.4. The molecule has 0 spiro atoms. The second-order valence-corrected chi connectivity index (χ2v) is 6.33. The Hall–Kier alpha value is -1.36. The van der Waals surface area contributed by atoms with Gasteiger partial charge in [-0.2, -0.15) is 0 Å². The third-order valence-electron chi connectivity index (χ3n) is 2.65. The van der Waals surface area contributed by atoms with Gasteiger partial charge < -0.3 is 5.32 Å². The van der Waals surface area contributed by atoms with E-state index in [1.165, 1.54) is 15.3 Å². The Morgan fingerprint density at radius 1 is 1.21 bits per heavy atom. The van der Waals surface area contributed by atoms with Crippen LogP contribution < -0.4 is 5.32 Å². The van der Waals surface area contributed by atoms with Gasteiger partial charge in [0.05, 0.1) is 0 Å². The average Bonchev–Trinajstić information content (AvgIpc) is 3.07. The summed E-state index contributed by atoms with van der Waals surface area (Å²) in [5.41, 5.74) is 2.29. The second-order valence-electron chi connectivity index (χ2n) is 4.00. The van der Waals surface area contributed by atoms with Gasteiger partial charge in [0.2, 0.25) is 0 Å². The lowest BCUT2D eigenvalue weighted by atomic mass is 10.2. The maximum Gasteiger partial charge on any atom is 0.131 e. The number of pyridine rings is 1. The first-order chi connectivity index (χ1) is 9.31. The quantitative estimate of drug-likeness (QED) is 0.675. The molecule has 0 bridgehead atoms. The molecule has 0 amide bonds. The van der Waals surface area contributed by atoms with Crippen molar-refractivity contribution in [3.63, 3.8) is 0 Å². The van der Waals surface area contributed by atoms with Crippen LogP contribution in [0.5, 0.6) is 0 Å². The molecule has 5 heteroatoms. The van der Waals surface area contributed by atoms with Crippen molar-refractivity contribution < 1.29 is 0 Å². The van der Waals surface area contributed by atoms with E-state index < -0.39 is 0 Å². The fraction of sp³-hybridized carbons (Fsp3) is 0.0714. The SMILES string of the molecule is Clc1cc(NCc2cc(-c3cccs3)cs2)ccn1. The van der Waals surface area contributed by atoms with Crippen molar-refractivity contribution in [1.82, 2.24) is 4.98 Å². The van der Waals surface area contributed by atoms with E-state index >= 15 is 0 Å². The van der Waals surface area contributed by atoms with Crippen molar-refractivity contribution in [2.75, 3.05) is 5.32 Å². The van der Waals surface area contributed by atoms with Crippen LogP contribution in [0.4, 0.5) is 5.69 Å². The minimum Gasteiger partial charge on any atom is -0.380 e. The van der Waals surface area contributed by atoms with Gasteiger partial charge in [0.25, 0.3) is 0 Å². The van der Waals surface area contributed by atoms with E-state index in [0.717, 1.165) is 12.2 Å². The van der Waals surface area contributed by atoms with Gasteiger partial charge in [-0.1, -0.05) is 17.7 Å². The highest BCUT2D eigenvalue weighted by atomic mass is 35.5. The Bertz CT molecular complexity index is 662. The molecule has 0 saturated heterocycles. The van der Waals surface area contributed by atoms with E-state index in [1.807, 2.05) is 12.1 Å². The Morgan fingerprint density at radius 2 is 2.16 bits per heavy atom. The summed E-state index contributed by atoms with van der Waals surface area (Å²) in [6, 6.07) is 10.2. The predicted octanol–water partition coefficient (Wildman–Crippen LogP) is 5.14. The number of anilines is 1. The number of nitrogens with zero attached hydrogens (tertiary/aromatic N) is 1. The number of aromatic nitrogens is 1. The molecule has 19 heavy (non-hydrogen) atoms. The van der Waals surface area contributed by atoms with Crippen molar-refractivity contribution >= 4 is 40.0 Å². The Balaban J connectivity index is 1.68. The van der Waals surface area contributed by atoms with Crippen LogP contribution >= 0.6 is 34.3 Å². The summed E-state index contributed by atoms with van der Waals surface area (Å²) in [4.78, 5) is 6.58. The Kier molecular flexibility index (Phi) is 3.82. The standard InChI is InChI=1S/C14H11ClN2S2/c15-14-7-11(3-4-16-14)17-8-12-6-10(9-19-12)13-2-1-5-18-13/h1-7,9H,8H2,(H,16,17). The molecule has 3 rings (SSSR count). The summed E-state index contributed by atoms with van der Waals surface area (Å²) in [5, 5.41) is 8.16. The van der Waals surface area contributed by atoms with E-state index in [9.17, 15) is 0 Å². The lowest BCUT2D eigenvalue weighted by Crippen LogP contribution is -1.97. The van der Waals surface area contributed by atoms with E-state index in [1.54, 1.807) is 28.9 Å². The summed E-state index contributed by atoms with van der Waals surface area (Å²) in [6.07, 6.45) is 1.70. The van der Waals surface area contributed by atoms with Crippen LogP contribution in [0, 0.1) is 0 Å². The molecule has 0 saturated carbocycles. The summed E-state index contributed by atoms with van der Waals surface area (Å²) < 4.78 is 0. The van der Waals surface area contributed by atoms with E-state index in [4.69, 9.17) is 11.6 Å². The molecule has 0 aliphatic heterocycles. The third kappa shape index (κ3) is 3.15. The molecule has 0 aliphatic carbocycles. The van der Waals surface area contributed by atoms with E-state index in [0.29, 0.717) is 5.15 Å². The predicted molar refractivity (Wildman–Crippen MR) is 84.2 cm³/mol. The Morgan fingerprint density at radius 3 is 2.95 bits per heavy atom. The molecule has 0 unspecified atom stereocenters. The van der Waals surface area contributed by atoms with Crippen molar-refractivity contribution in [2.24, 2.45) is 0 Å². The van der Waals surface area contributed by atoms with Gasteiger partial charge in [0.1, 0.15) is 5.15 Å². The van der Waals surface area contributed by atoms with E-state index in [2.05, 4.69) is 39.3 Å². The minimum atomic E-state index is 0.510. The van der Waals surface area contributed by atoms with Gasteiger partial charge in [-0.05, 0) is 35.0 Å². The molecule has 96 valence electrons. The summed E-state index contributed by atoms with van der Waals surface area (Å²) >= 11 is 9.38. The fourth-order valence-corrected chi connectivity index (χ4v) is 3.53. The number of nitrogens with one attached hydrogen (secondary N) is 1. The molecule has 0 radical (unpaired) electrons. The van der Waals surface area contributed by atoms with Gasteiger partial charge in [-0.25, -0.2) is 4.98 Å². The molecular weight excluding hydrogens is 296 g/mol. The van der Waals surface area contributed by atoms with Gasteiger partial charge in [-0.3, -0.25) is 0 Å². The van der Waals surface area contributed by atoms with Crippen LogP contribution in [0.2, 0.25) is 5.15 Å². The number of thiophene rings is 2. The van der Waals surface area contributed by atoms with Crippen LogP contribution in [0.25, 0.3) is 10.4 Å². The van der Waals surface area contributed by atoms with Crippen LogP contribution in [0.15, 0.2) is 47.3 Å². The van der Waals surface area contributed by atoms with Crippen molar-refractivity contribution in [1.29, 1.82) is 0 Å². The normalized spacial score (nSPS) is 10.6. The molecule has 0 atom stereocenters. The van der Waals surface area contributed by atoms with Gasteiger partial charge in [0, 0.05) is 33.7 Å². The van der Waals surface area contributed by atoms with Crippen molar-refractivity contribution in [3.05, 3.63) is 57.3 Å². The molecule has 3 aromatic heterocycles. The highest BCUT2D eigenvalue weighted by Gasteiger charge is 2.03. The van der Waals surface area contributed by atoms with Crippen molar-refractivity contribution in [2.45, 2.75) is 6.54 Å². The molecule has 3 aromatic rings. The van der Waals surface area contributed by atoms with Crippen LogP contribution in [-0.2, 0) is 6.54 Å². The van der Waals surface area contributed by atoms with Crippen molar-refractivity contribution in [3.8, 4) is 10.4 Å². The Labute approximate surface area is 124 Å². The number of halogens is 1. The second kappa shape index (κ2) is 5.74. The topological polar surface area (TPSA) is 24.9 Å². The summed E-state index contributed by atoms with van der Waals surface area (Å²) in [5.74, 6) is 0. The van der Waals surface area contributed by atoms with Crippen LogP contribution in [-0.4, -0.2) is 4.98 Å². The first-order valence-corrected chi connectivity index (χ1v) is 7.92. The highest BCUT2D eigenvalue weighted by Crippen LogP contribution is 2.29. The first kappa shape index (κ1) is 12.7. The fourth-order valence-electron chi connectivity index (χ4n) is 1.75. The maximum absolute atomic E-state index is 5.85.